The van der Waals surface area contributed by atoms with E-state index in [1.165, 1.54) is 13.2 Å². The Morgan fingerprint density at radius 2 is 2.11 bits per heavy atom. The first-order valence-corrected chi connectivity index (χ1v) is 6.52. The van der Waals surface area contributed by atoms with Crippen LogP contribution in [0.3, 0.4) is 0 Å². The van der Waals surface area contributed by atoms with E-state index < -0.39 is 11.6 Å². The van der Waals surface area contributed by atoms with Crippen LogP contribution >= 0.6 is 15.9 Å². The average molecular weight is 330 g/mol. The van der Waals surface area contributed by atoms with Gasteiger partial charge in [0.2, 0.25) is 0 Å². The van der Waals surface area contributed by atoms with Crippen molar-refractivity contribution in [2.75, 3.05) is 12.4 Å². The van der Waals surface area contributed by atoms with Crippen LogP contribution in [0.4, 0.5) is 5.69 Å². The molecular formula is C13H16BrNO4. The number of nitrogens with one attached hydrogen (secondary N) is 1. The van der Waals surface area contributed by atoms with Crippen molar-refractivity contribution in [3.63, 3.8) is 0 Å². The van der Waals surface area contributed by atoms with E-state index in [-0.39, 0.29) is 11.5 Å². The summed E-state index contributed by atoms with van der Waals surface area (Å²) in [6, 6.07) is 4.60. The highest BCUT2D eigenvalue weighted by molar-refractivity contribution is 9.10. The molecule has 1 unspecified atom stereocenters. The molecule has 1 amide bonds. The van der Waals surface area contributed by atoms with Crippen LogP contribution in [0, 0.1) is 0 Å². The maximum atomic E-state index is 12.1. The van der Waals surface area contributed by atoms with Crippen molar-refractivity contribution in [2.45, 2.75) is 25.9 Å². The van der Waals surface area contributed by atoms with Gasteiger partial charge in [-0.15, -0.1) is 0 Å². The maximum absolute atomic E-state index is 12.1. The Kier molecular flexibility index (Phi) is 5.08. The maximum Gasteiger partial charge on any atom is 0.336 e. The Morgan fingerprint density at radius 1 is 1.47 bits per heavy atom. The van der Waals surface area contributed by atoms with Crippen LogP contribution < -0.4 is 5.32 Å². The number of methoxy groups -OCH3 is 1. The van der Waals surface area contributed by atoms with Crippen molar-refractivity contribution in [1.82, 2.24) is 0 Å². The molecule has 0 aliphatic carbocycles. The predicted molar refractivity (Wildman–Crippen MR) is 75.4 cm³/mol. The predicted octanol–water partition coefficient (Wildman–Crippen LogP) is 2.90. The second kappa shape index (κ2) is 6.16. The normalized spacial score (nSPS) is 13.7. The fourth-order valence-electron chi connectivity index (χ4n) is 1.43. The third kappa shape index (κ3) is 3.54. The van der Waals surface area contributed by atoms with E-state index in [0.717, 1.165) is 0 Å². The summed E-state index contributed by atoms with van der Waals surface area (Å²) in [5, 5.41) is 11.7. The topological polar surface area (TPSA) is 75.6 Å². The number of anilines is 1. The summed E-state index contributed by atoms with van der Waals surface area (Å²) in [6.45, 7) is 3.52. The van der Waals surface area contributed by atoms with Gasteiger partial charge in [-0.05, 0) is 47.5 Å². The van der Waals surface area contributed by atoms with Gasteiger partial charge in [0.1, 0.15) is 5.60 Å². The smallest absolute Gasteiger partial charge is 0.336 e. The molecule has 0 fully saturated rings. The number of carboxylic acids is 1. The highest BCUT2D eigenvalue weighted by Crippen LogP contribution is 2.23. The molecule has 104 valence electrons. The number of hydrogen-bond acceptors (Lipinski definition) is 3. The van der Waals surface area contributed by atoms with Gasteiger partial charge in [-0.3, -0.25) is 4.79 Å². The lowest BCUT2D eigenvalue weighted by molar-refractivity contribution is -0.136. The third-order valence-electron chi connectivity index (χ3n) is 3.06. The standard InChI is InChI=1S/C13H16BrNO4/c1-4-13(2,19-3)12(18)15-8-5-6-10(14)9(7-8)11(16)17/h5-7H,4H2,1-3H3,(H,15,18)(H,16,17). The first kappa shape index (κ1) is 15.7. The van der Waals surface area contributed by atoms with Crippen LogP contribution in [-0.2, 0) is 9.53 Å². The summed E-state index contributed by atoms with van der Waals surface area (Å²) in [5.41, 5.74) is -0.424. The number of halogens is 1. The van der Waals surface area contributed by atoms with E-state index in [1.807, 2.05) is 6.92 Å². The molecule has 0 aliphatic heterocycles. The van der Waals surface area contributed by atoms with Crippen LogP contribution in [0.2, 0.25) is 0 Å². The molecule has 1 aromatic carbocycles. The molecule has 1 atom stereocenters. The summed E-state index contributed by atoms with van der Waals surface area (Å²) in [7, 11) is 1.47. The lowest BCUT2D eigenvalue weighted by Gasteiger charge is -2.25. The molecule has 1 rings (SSSR count). The van der Waals surface area contributed by atoms with Gasteiger partial charge in [-0.1, -0.05) is 6.92 Å². The van der Waals surface area contributed by atoms with Crippen LogP contribution in [0.5, 0.6) is 0 Å². The Bertz CT molecular complexity index is 497. The van der Waals surface area contributed by atoms with Crippen molar-refractivity contribution in [3.05, 3.63) is 28.2 Å². The van der Waals surface area contributed by atoms with E-state index >= 15 is 0 Å². The molecule has 6 heteroatoms. The number of amides is 1. The van der Waals surface area contributed by atoms with Crippen molar-refractivity contribution >= 4 is 33.5 Å². The summed E-state index contributed by atoms with van der Waals surface area (Å²) in [5.74, 6) is -1.37. The molecule has 2 N–H and O–H groups in total. The van der Waals surface area contributed by atoms with E-state index in [1.54, 1.807) is 19.1 Å². The van der Waals surface area contributed by atoms with Crippen molar-refractivity contribution in [3.8, 4) is 0 Å². The molecular weight excluding hydrogens is 314 g/mol. The zero-order valence-electron chi connectivity index (χ0n) is 11.0. The van der Waals surface area contributed by atoms with Gasteiger partial charge in [0.25, 0.3) is 5.91 Å². The van der Waals surface area contributed by atoms with Crippen LogP contribution in [0.1, 0.15) is 30.6 Å². The fourth-order valence-corrected chi connectivity index (χ4v) is 1.84. The number of carbonyl (C=O) groups is 2. The first-order chi connectivity index (χ1) is 8.84. The molecule has 0 aromatic heterocycles. The Labute approximate surface area is 120 Å². The zero-order valence-corrected chi connectivity index (χ0v) is 12.6. The SMILES string of the molecule is CCC(C)(OC)C(=O)Nc1ccc(Br)c(C(=O)O)c1. The van der Waals surface area contributed by atoms with Crippen LogP contribution in [-0.4, -0.2) is 29.7 Å². The minimum atomic E-state index is -1.06. The van der Waals surface area contributed by atoms with Crippen molar-refractivity contribution < 1.29 is 19.4 Å². The van der Waals surface area contributed by atoms with Gasteiger partial charge in [0.15, 0.2) is 0 Å². The molecule has 0 saturated heterocycles. The molecule has 19 heavy (non-hydrogen) atoms. The molecule has 1 aromatic rings. The lowest BCUT2D eigenvalue weighted by Crippen LogP contribution is -2.41. The van der Waals surface area contributed by atoms with E-state index in [9.17, 15) is 9.59 Å². The molecule has 5 nitrogen and oxygen atoms in total. The fraction of sp³-hybridized carbons (Fsp3) is 0.385. The number of carbonyl (C=O) groups excluding carboxylic acids is 1. The number of benzene rings is 1. The summed E-state index contributed by atoms with van der Waals surface area (Å²) >= 11 is 3.15. The van der Waals surface area contributed by atoms with E-state index in [2.05, 4.69) is 21.2 Å². The van der Waals surface area contributed by atoms with Gasteiger partial charge in [-0.2, -0.15) is 0 Å². The molecule has 0 aliphatic rings. The quantitative estimate of drug-likeness (QED) is 0.870. The number of aromatic carboxylic acids is 1. The molecule has 0 heterocycles. The minimum Gasteiger partial charge on any atom is -0.478 e. The molecule has 0 bridgehead atoms. The van der Waals surface area contributed by atoms with E-state index in [4.69, 9.17) is 9.84 Å². The summed E-state index contributed by atoms with van der Waals surface area (Å²) < 4.78 is 5.65. The first-order valence-electron chi connectivity index (χ1n) is 5.73. The molecule has 0 radical (unpaired) electrons. The average Bonchev–Trinajstić information content (AvgIpc) is 2.39. The lowest BCUT2D eigenvalue weighted by atomic mass is 10.0. The summed E-state index contributed by atoms with van der Waals surface area (Å²) in [6.07, 6.45) is 0.512. The largest absolute Gasteiger partial charge is 0.478 e. The van der Waals surface area contributed by atoms with Crippen molar-refractivity contribution in [1.29, 1.82) is 0 Å². The van der Waals surface area contributed by atoms with Crippen LogP contribution in [0.25, 0.3) is 0 Å². The molecule has 0 saturated carbocycles. The van der Waals surface area contributed by atoms with E-state index in [0.29, 0.717) is 16.6 Å². The number of rotatable bonds is 5. The second-order valence-corrected chi connectivity index (χ2v) is 5.10. The van der Waals surface area contributed by atoms with Gasteiger partial charge < -0.3 is 15.2 Å². The van der Waals surface area contributed by atoms with Gasteiger partial charge in [0, 0.05) is 17.3 Å². The minimum absolute atomic E-state index is 0.0911. The third-order valence-corrected chi connectivity index (χ3v) is 3.75. The number of ether oxygens (including phenoxy) is 1. The Morgan fingerprint density at radius 3 is 2.58 bits per heavy atom. The number of hydrogen-bond donors (Lipinski definition) is 2. The zero-order chi connectivity index (χ0) is 14.6. The highest BCUT2D eigenvalue weighted by atomic mass is 79.9. The molecule has 0 spiro atoms. The second-order valence-electron chi connectivity index (χ2n) is 4.24. The number of carboxylic acid groups (broad SMARTS) is 1. The van der Waals surface area contributed by atoms with Crippen molar-refractivity contribution in [2.24, 2.45) is 0 Å². The Balaban J connectivity index is 2.98. The van der Waals surface area contributed by atoms with Crippen LogP contribution in [0.15, 0.2) is 22.7 Å². The van der Waals surface area contributed by atoms with Gasteiger partial charge in [0.05, 0.1) is 5.56 Å². The Hall–Kier alpha value is -1.40. The summed E-state index contributed by atoms with van der Waals surface area (Å²) in [4.78, 5) is 23.1. The van der Waals surface area contributed by atoms with Gasteiger partial charge >= 0.3 is 5.97 Å². The van der Waals surface area contributed by atoms with Gasteiger partial charge in [-0.25, -0.2) is 4.79 Å². The monoisotopic (exact) mass is 329 g/mol. The highest BCUT2D eigenvalue weighted by Gasteiger charge is 2.31.